The van der Waals surface area contributed by atoms with Crippen LogP contribution in [-0.4, -0.2) is 108 Å². The molecule has 5 unspecified atom stereocenters. The molecule has 3 amide bonds. The first-order chi connectivity index (χ1) is 33.0. The fraction of sp³-hybridized carbons (Fsp3) is 0.580. The zero-order valence-corrected chi connectivity index (χ0v) is 38.1. The summed E-state index contributed by atoms with van der Waals surface area (Å²) >= 11 is 0. The fourth-order valence-electron chi connectivity index (χ4n) is 12.0. The predicted molar refractivity (Wildman–Crippen MR) is 245 cm³/mol. The minimum Gasteiger partial charge on any atom is -0.358 e. The number of para-hydroxylation sites is 1. The molecule has 356 valence electrons. The van der Waals surface area contributed by atoms with E-state index in [2.05, 4.69) is 49.4 Å². The lowest BCUT2D eigenvalue weighted by Crippen LogP contribution is -2.47. The molecule has 7 heterocycles. The molecule has 2 N–H and O–H groups in total. The number of ether oxygens (including phenoxy) is 1. The number of nitrogens with one attached hydrogen (secondary N) is 2. The molecule has 7 aliphatic rings. The van der Waals surface area contributed by atoms with Gasteiger partial charge in [0.25, 0.3) is 12.3 Å². The Balaban J connectivity index is 0.647. The summed E-state index contributed by atoms with van der Waals surface area (Å²) in [5, 5.41) is 19.5. The first-order valence-electron chi connectivity index (χ1n) is 24.6. The van der Waals surface area contributed by atoms with Gasteiger partial charge < -0.3 is 19.9 Å². The second kappa shape index (κ2) is 17.0. The lowest BCUT2D eigenvalue weighted by atomic mass is 9.85. The standard InChI is InChI=1S/C50H56F3N11O4/c1-28-22-60(26-38-45(51)50(28,38)68-19-3-5-32-4-2-6-35-42(36-15-16-41(65)57-48(36)66)59-64(44(32)35)34-13-14-34)23-30-9-11-33(12-10-30)63-27-39(43(58-63)46(52)53)55-49(67)37-21-54-62-18-17-40(56-47(37)62)61-24-31(25-61)20-29-7-8-29/h2,4,6,17-18,21,27-31,33-34,36,38,45-46H,7-16,19-20,22-26H2,1H3,(H,55,67)(H,57,65,66). The number of benzene rings is 1. The van der Waals surface area contributed by atoms with Crippen molar-refractivity contribution in [3.05, 3.63) is 65.4 Å². The Morgan fingerprint density at radius 2 is 1.76 bits per heavy atom. The number of aromatic nitrogens is 7. The van der Waals surface area contributed by atoms with Gasteiger partial charge in [-0.1, -0.05) is 43.7 Å². The van der Waals surface area contributed by atoms with Gasteiger partial charge in [-0.25, -0.2) is 22.7 Å². The Bertz CT molecular complexity index is 2850. The highest BCUT2D eigenvalue weighted by Crippen LogP contribution is 2.57. The number of rotatable bonds is 13. The van der Waals surface area contributed by atoms with E-state index in [0.29, 0.717) is 42.7 Å². The van der Waals surface area contributed by atoms with Gasteiger partial charge in [0.2, 0.25) is 11.8 Å². The highest BCUT2D eigenvalue weighted by Gasteiger charge is 2.72. The van der Waals surface area contributed by atoms with E-state index < -0.39 is 35.7 Å². The van der Waals surface area contributed by atoms with E-state index >= 15 is 4.39 Å². The van der Waals surface area contributed by atoms with Gasteiger partial charge in [0.05, 0.1) is 46.7 Å². The maximum Gasteiger partial charge on any atom is 0.284 e. The molecule has 18 heteroatoms. The Kier molecular flexibility index (Phi) is 10.9. The van der Waals surface area contributed by atoms with Crippen LogP contribution < -0.4 is 15.5 Å². The molecular weight excluding hydrogens is 876 g/mol. The molecule has 1 aromatic carbocycles. The molecule has 12 rings (SSSR count). The number of piperidine rings is 2. The number of nitrogens with zero attached hydrogens (tertiary/aromatic N) is 9. The van der Waals surface area contributed by atoms with Crippen LogP contribution in [0.2, 0.25) is 0 Å². The summed E-state index contributed by atoms with van der Waals surface area (Å²) in [4.78, 5) is 47.6. The number of likely N-dealkylation sites (tertiary alicyclic amines) is 1. The summed E-state index contributed by atoms with van der Waals surface area (Å²) in [5.74, 6) is 7.21. The molecule has 68 heavy (non-hydrogen) atoms. The fourth-order valence-corrected chi connectivity index (χ4v) is 12.0. The maximum absolute atomic E-state index is 15.8. The quantitative estimate of drug-likeness (QED) is 0.0930. The van der Waals surface area contributed by atoms with Gasteiger partial charge in [-0.05, 0) is 81.3 Å². The van der Waals surface area contributed by atoms with Gasteiger partial charge in [0.15, 0.2) is 11.3 Å². The van der Waals surface area contributed by atoms with Crippen molar-refractivity contribution >= 4 is 45.8 Å². The number of fused-ring (bicyclic) bond motifs is 3. The topological polar surface area (TPSA) is 157 Å². The third kappa shape index (κ3) is 7.92. The van der Waals surface area contributed by atoms with E-state index in [1.807, 2.05) is 28.9 Å². The van der Waals surface area contributed by atoms with Gasteiger partial charge in [-0.2, -0.15) is 15.3 Å². The summed E-state index contributed by atoms with van der Waals surface area (Å²) in [6.45, 7) is 6.16. The van der Waals surface area contributed by atoms with Crippen LogP contribution in [-0.2, 0) is 14.3 Å². The molecule has 3 saturated heterocycles. The van der Waals surface area contributed by atoms with E-state index in [1.165, 1.54) is 36.2 Å². The van der Waals surface area contributed by atoms with Crippen LogP contribution in [0.25, 0.3) is 16.6 Å². The highest BCUT2D eigenvalue weighted by atomic mass is 19.3. The minimum atomic E-state index is -2.88. The van der Waals surface area contributed by atoms with Crippen LogP contribution in [0.5, 0.6) is 0 Å². The second-order valence-electron chi connectivity index (χ2n) is 20.7. The van der Waals surface area contributed by atoms with Crippen LogP contribution >= 0.6 is 0 Å². The van der Waals surface area contributed by atoms with Gasteiger partial charge in [0, 0.05) is 68.8 Å². The van der Waals surface area contributed by atoms with Crippen molar-refractivity contribution in [3.63, 3.8) is 0 Å². The van der Waals surface area contributed by atoms with Crippen molar-refractivity contribution in [2.75, 3.05) is 49.5 Å². The Morgan fingerprint density at radius 1 is 0.971 bits per heavy atom. The first-order valence-corrected chi connectivity index (χ1v) is 24.6. The summed E-state index contributed by atoms with van der Waals surface area (Å²) in [6.07, 6.45) is 10.6. The molecule has 3 aliphatic heterocycles. The molecule has 4 aliphatic carbocycles. The molecule has 4 aromatic heterocycles. The molecule has 0 bridgehead atoms. The smallest absolute Gasteiger partial charge is 0.284 e. The Labute approximate surface area is 391 Å². The highest BCUT2D eigenvalue weighted by molar-refractivity contribution is 6.08. The molecular formula is C50H56F3N11O4. The zero-order chi connectivity index (χ0) is 46.4. The largest absolute Gasteiger partial charge is 0.358 e. The number of anilines is 2. The molecule has 15 nitrogen and oxygen atoms in total. The number of halogens is 3. The molecule has 5 aromatic rings. The van der Waals surface area contributed by atoms with Gasteiger partial charge in [-0.3, -0.25) is 29.1 Å². The normalized spacial score (nSPS) is 28.6. The third-order valence-corrected chi connectivity index (χ3v) is 16.0. The summed E-state index contributed by atoms with van der Waals surface area (Å²) in [7, 11) is 0. The Hall–Kier alpha value is -5.80. The molecule has 7 fully saturated rings. The van der Waals surface area contributed by atoms with Crippen molar-refractivity contribution in [2.24, 2.45) is 29.6 Å². The van der Waals surface area contributed by atoms with Crippen molar-refractivity contribution in [1.29, 1.82) is 0 Å². The molecule has 4 saturated carbocycles. The SMILES string of the molecule is CC1CN(CC2CCC(n3cc(NC(=O)c4cnn5ccc(N6CC(CC7CC7)C6)nc45)c(C(F)F)n3)CC2)CC2C(F)C12OCC#Cc1cccc2c(C3CCC(=O)NC3=O)nn(C3CC3)c12. The number of hydrogen-bond acceptors (Lipinski definition) is 10. The number of amides is 3. The van der Waals surface area contributed by atoms with Crippen molar-refractivity contribution in [1.82, 2.24) is 44.4 Å². The summed E-state index contributed by atoms with van der Waals surface area (Å²) in [5.41, 5.74) is 1.57. The second-order valence-corrected chi connectivity index (χ2v) is 20.7. The van der Waals surface area contributed by atoms with E-state index in [0.717, 1.165) is 86.4 Å². The number of imide groups is 1. The van der Waals surface area contributed by atoms with Crippen LogP contribution in [0.15, 0.2) is 42.9 Å². The molecule has 5 atom stereocenters. The number of carbonyl (C=O) groups excluding carboxylic acids is 3. The average Bonchev–Trinajstić information content (AvgIpc) is 4.28. The molecule has 0 radical (unpaired) electrons. The van der Waals surface area contributed by atoms with E-state index in [9.17, 15) is 23.2 Å². The van der Waals surface area contributed by atoms with E-state index in [1.54, 1.807) is 10.9 Å². The van der Waals surface area contributed by atoms with E-state index in [-0.39, 0.29) is 60.0 Å². The van der Waals surface area contributed by atoms with Gasteiger partial charge >= 0.3 is 0 Å². The van der Waals surface area contributed by atoms with E-state index in [4.69, 9.17) is 14.8 Å². The summed E-state index contributed by atoms with van der Waals surface area (Å²) in [6, 6.07) is 7.85. The predicted octanol–water partition coefficient (Wildman–Crippen LogP) is 7.01. The average molecular weight is 932 g/mol. The maximum atomic E-state index is 15.8. The lowest BCUT2D eigenvalue weighted by Gasteiger charge is -2.40. The van der Waals surface area contributed by atoms with Crippen molar-refractivity contribution in [2.45, 2.75) is 114 Å². The monoisotopic (exact) mass is 931 g/mol. The zero-order valence-electron chi connectivity index (χ0n) is 38.1. The van der Waals surface area contributed by atoms with Crippen LogP contribution in [0.4, 0.5) is 24.7 Å². The molecule has 0 spiro atoms. The first kappa shape index (κ1) is 43.5. The van der Waals surface area contributed by atoms with Gasteiger partial charge in [-0.15, -0.1) is 0 Å². The van der Waals surface area contributed by atoms with Crippen molar-refractivity contribution < 1.29 is 32.3 Å². The Morgan fingerprint density at radius 3 is 2.51 bits per heavy atom. The number of hydrogen-bond donors (Lipinski definition) is 2. The minimum absolute atomic E-state index is 0.0171. The summed E-state index contributed by atoms with van der Waals surface area (Å²) < 4.78 is 56.0. The van der Waals surface area contributed by atoms with Crippen LogP contribution in [0.3, 0.4) is 0 Å². The van der Waals surface area contributed by atoms with Gasteiger partial charge in [0.1, 0.15) is 29.8 Å². The van der Waals surface area contributed by atoms with Crippen LogP contribution in [0.1, 0.15) is 129 Å². The van der Waals surface area contributed by atoms with Crippen molar-refractivity contribution in [3.8, 4) is 11.8 Å². The third-order valence-electron chi connectivity index (χ3n) is 16.0. The van der Waals surface area contributed by atoms with Crippen LogP contribution in [0, 0.1) is 41.4 Å². The number of alkyl halides is 3. The lowest BCUT2D eigenvalue weighted by molar-refractivity contribution is -0.134. The number of carbonyl (C=O) groups is 3.